The van der Waals surface area contributed by atoms with Gasteiger partial charge >= 0.3 is 5.97 Å². The molecule has 0 heterocycles. The zero-order valence-corrected chi connectivity index (χ0v) is 12.8. The molecule has 0 aliphatic rings. The number of carboxylic acids is 1. The number of carbonyl (C=O) groups excluding carboxylic acids is 1. The van der Waals surface area contributed by atoms with Crippen molar-refractivity contribution in [2.75, 3.05) is 0 Å². The number of amides is 1. The number of hydrogen-bond acceptors (Lipinski definition) is 2. The molecule has 0 fully saturated rings. The van der Waals surface area contributed by atoms with Crippen LogP contribution >= 0.6 is 0 Å². The first kappa shape index (κ1) is 16.5. The highest BCUT2D eigenvalue weighted by Gasteiger charge is 2.22. The predicted octanol–water partition coefficient (Wildman–Crippen LogP) is 2.96. The number of carboxylic acid groups (broad SMARTS) is 1. The molecular formula is C19H19NO3. The molecule has 118 valence electrons. The van der Waals surface area contributed by atoms with Crippen molar-refractivity contribution >= 4 is 11.9 Å². The van der Waals surface area contributed by atoms with E-state index in [4.69, 9.17) is 5.11 Å². The molecule has 0 aliphatic carbocycles. The van der Waals surface area contributed by atoms with E-state index in [-0.39, 0.29) is 12.0 Å². The summed E-state index contributed by atoms with van der Waals surface area (Å²) in [5.41, 5.74) is 2.18. The van der Waals surface area contributed by atoms with E-state index in [2.05, 4.69) is 5.32 Å². The fraction of sp³-hybridized carbons (Fsp3) is 0.158. The molecule has 2 aromatic carbocycles. The van der Waals surface area contributed by atoms with E-state index in [1.165, 1.54) is 0 Å². The maximum absolute atomic E-state index is 11.9. The molecule has 4 nitrogen and oxygen atoms in total. The molecular weight excluding hydrogens is 290 g/mol. The van der Waals surface area contributed by atoms with Crippen molar-refractivity contribution in [2.24, 2.45) is 0 Å². The fourth-order valence-corrected chi connectivity index (χ4v) is 2.59. The molecule has 2 N–H and O–H groups in total. The van der Waals surface area contributed by atoms with Crippen LogP contribution in [0.2, 0.25) is 0 Å². The third-order valence-electron chi connectivity index (χ3n) is 3.56. The molecule has 1 unspecified atom stereocenters. The van der Waals surface area contributed by atoms with Gasteiger partial charge in [0.25, 0.3) is 0 Å². The van der Waals surface area contributed by atoms with Crippen molar-refractivity contribution in [1.29, 1.82) is 0 Å². The maximum Gasteiger partial charge on any atom is 0.328 e. The molecule has 0 bridgehead atoms. The van der Waals surface area contributed by atoms with Crippen molar-refractivity contribution in [3.8, 4) is 0 Å². The zero-order valence-electron chi connectivity index (χ0n) is 12.8. The van der Waals surface area contributed by atoms with E-state index in [1.54, 1.807) is 0 Å². The number of carbonyl (C=O) groups is 2. The highest BCUT2D eigenvalue weighted by Crippen LogP contribution is 2.27. The molecule has 0 saturated heterocycles. The van der Waals surface area contributed by atoms with Gasteiger partial charge in [0.2, 0.25) is 5.91 Å². The Morgan fingerprint density at radius 1 is 0.913 bits per heavy atom. The Morgan fingerprint density at radius 3 is 1.83 bits per heavy atom. The smallest absolute Gasteiger partial charge is 0.328 e. The molecule has 1 atom stereocenters. The quantitative estimate of drug-likeness (QED) is 0.806. The van der Waals surface area contributed by atoms with E-state index >= 15 is 0 Å². The average molecular weight is 309 g/mol. The third kappa shape index (κ3) is 4.81. The summed E-state index contributed by atoms with van der Waals surface area (Å²) >= 11 is 0. The van der Waals surface area contributed by atoms with Crippen LogP contribution in [0.5, 0.6) is 0 Å². The Morgan fingerprint density at radius 2 is 1.39 bits per heavy atom. The number of rotatable bonds is 6. The van der Waals surface area contributed by atoms with Crippen LogP contribution in [0.4, 0.5) is 0 Å². The van der Waals surface area contributed by atoms with Gasteiger partial charge in [-0.3, -0.25) is 4.79 Å². The molecule has 4 heteroatoms. The molecule has 1 amide bonds. The summed E-state index contributed by atoms with van der Waals surface area (Å²) in [5.74, 6) is -1.58. The van der Waals surface area contributed by atoms with Crippen molar-refractivity contribution in [1.82, 2.24) is 5.32 Å². The van der Waals surface area contributed by atoms with Crippen LogP contribution in [0.15, 0.2) is 72.8 Å². The summed E-state index contributed by atoms with van der Waals surface area (Å²) in [6.45, 7) is 1.91. The lowest BCUT2D eigenvalue weighted by Gasteiger charge is -2.25. The van der Waals surface area contributed by atoms with Gasteiger partial charge in [-0.15, -0.1) is 0 Å². The second-order valence-electron chi connectivity index (χ2n) is 5.27. The molecule has 0 radical (unpaired) electrons. The van der Waals surface area contributed by atoms with Gasteiger partial charge in [-0.05, 0) is 18.1 Å². The van der Waals surface area contributed by atoms with Crippen LogP contribution < -0.4 is 5.32 Å². The Balaban J connectivity index is 2.24. The lowest BCUT2D eigenvalue weighted by Crippen LogP contribution is -2.36. The summed E-state index contributed by atoms with van der Waals surface area (Å²) in [5, 5.41) is 11.4. The SMILES string of the molecule is CC(NC(=O)C=CC(=O)O)C(c1ccccc1)c1ccccc1. The second kappa shape index (κ2) is 7.94. The van der Waals surface area contributed by atoms with Gasteiger partial charge in [-0.25, -0.2) is 4.79 Å². The standard InChI is InChI=1S/C19H19NO3/c1-14(20-17(21)12-13-18(22)23)19(15-8-4-2-5-9-15)16-10-6-3-7-11-16/h2-14,19H,1H3,(H,20,21)(H,22,23). The minimum absolute atomic E-state index is 0.0143. The molecule has 0 saturated carbocycles. The van der Waals surface area contributed by atoms with E-state index in [0.717, 1.165) is 23.3 Å². The van der Waals surface area contributed by atoms with E-state index < -0.39 is 11.9 Å². The van der Waals surface area contributed by atoms with Crippen LogP contribution in [-0.2, 0) is 9.59 Å². The molecule has 23 heavy (non-hydrogen) atoms. The second-order valence-corrected chi connectivity index (χ2v) is 5.27. The van der Waals surface area contributed by atoms with Crippen LogP contribution in [0, 0.1) is 0 Å². The van der Waals surface area contributed by atoms with Crippen LogP contribution in [0.3, 0.4) is 0 Å². The number of aliphatic carboxylic acids is 1. The monoisotopic (exact) mass is 309 g/mol. The minimum Gasteiger partial charge on any atom is -0.478 e. The average Bonchev–Trinajstić information content (AvgIpc) is 2.55. The highest BCUT2D eigenvalue weighted by molar-refractivity contribution is 5.94. The van der Waals surface area contributed by atoms with Gasteiger partial charge in [-0.2, -0.15) is 0 Å². The summed E-state index contributed by atoms with van der Waals surface area (Å²) in [7, 11) is 0. The van der Waals surface area contributed by atoms with Gasteiger partial charge in [0.15, 0.2) is 0 Å². The van der Waals surface area contributed by atoms with Crippen LogP contribution in [0.1, 0.15) is 24.0 Å². The zero-order chi connectivity index (χ0) is 16.7. The first-order valence-corrected chi connectivity index (χ1v) is 7.39. The number of benzene rings is 2. The summed E-state index contributed by atoms with van der Waals surface area (Å²) in [4.78, 5) is 22.4. The topological polar surface area (TPSA) is 66.4 Å². The van der Waals surface area contributed by atoms with Gasteiger partial charge in [-0.1, -0.05) is 60.7 Å². The van der Waals surface area contributed by atoms with Crippen LogP contribution in [0.25, 0.3) is 0 Å². The Hall–Kier alpha value is -2.88. The van der Waals surface area contributed by atoms with Crippen molar-refractivity contribution in [3.63, 3.8) is 0 Å². The number of nitrogens with one attached hydrogen (secondary N) is 1. The lowest BCUT2D eigenvalue weighted by atomic mass is 9.86. The summed E-state index contributed by atoms with van der Waals surface area (Å²) in [6.07, 6.45) is 1.87. The molecule has 2 aromatic rings. The highest BCUT2D eigenvalue weighted by atomic mass is 16.4. The van der Waals surface area contributed by atoms with Crippen LogP contribution in [-0.4, -0.2) is 23.0 Å². The molecule has 2 rings (SSSR count). The van der Waals surface area contributed by atoms with Gasteiger partial charge in [0.05, 0.1) is 0 Å². The fourth-order valence-electron chi connectivity index (χ4n) is 2.59. The van der Waals surface area contributed by atoms with Gasteiger partial charge in [0, 0.05) is 24.1 Å². The van der Waals surface area contributed by atoms with Crippen molar-refractivity contribution in [3.05, 3.63) is 83.9 Å². The van der Waals surface area contributed by atoms with E-state index in [0.29, 0.717) is 0 Å². The first-order valence-electron chi connectivity index (χ1n) is 7.39. The maximum atomic E-state index is 11.9. The minimum atomic E-state index is -1.14. The summed E-state index contributed by atoms with van der Waals surface area (Å²) < 4.78 is 0. The third-order valence-corrected chi connectivity index (χ3v) is 3.56. The molecule has 0 aromatic heterocycles. The van der Waals surface area contributed by atoms with Crippen molar-refractivity contribution in [2.45, 2.75) is 18.9 Å². The lowest BCUT2D eigenvalue weighted by molar-refractivity contribution is -0.131. The number of hydrogen-bond donors (Lipinski definition) is 2. The largest absolute Gasteiger partial charge is 0.478 e. The van der Waals surface area contributed by atoms with Gasteiger partial charge in [0.1, 0.15) is 0 Å². The van der Waals surface area contributed by atoms with Gasteiger partial charge < -0.3 is 10.4 Å². The Bertz CT molecular complexity index is 641. The Kier molecular flexibility index (Phi) is 5.69. The Labute approximate surface area is 135 Å². The van der Waals surface area contributed by atoms with E-state index in [9.17, 15) is 9.59 Å². The first-order chi connectivity index (χ1) is 11.1. The summed E-state index contributed by atoms with van der Waals surface area (Å²) in [6, 6.07) is 19.6. The van der Waals surface area contributed by atoms with E-state index in [1.807, 2.05) is 67.6 Å². The molecule has 0 spiro atoms. The normalized spacial score (nSPS) is 12.3. The van der Waals surface area contributed by atoms with Crippen molar-refractivity contribution < 1.29 is 14.7 Å². The molecule has 0 aliphatic heterocycles. The predicted molar refractivity (Wildman–Crippen MR) is 89.1 cm³/mol.